The van der Waals surface area contributed by atoms with E-state index >= 15 is 0 Å². The molecule has 0 radical (unpaired) electrons. The number of nitrogens with zero attached hydrogens (tertiary/aromatic N) is 1. The second kappa shape index (κ2) is 6.12. The number of benzene rings is 1. The summed E-state index contributed by atoms with van der Waals surface area (Å²) in [5.41, 5.74) is -0.608. The Labute approximate surface area is 131 Å². The number of hydrogen-bond acceptors (Lipinski definition) is 3. The average molecular weight is 323 g/mol. The summed E-state index contributed by atoms with van der Waals surface area (Å²) in [6.07, 6.45) is -2.10. The lowest BCUT2D eigenvalue weighted by atomic mass is 9.95. The maximum atomic E-state index is 12.8. The van der Waals surface area contributed by atoms with Crippen molar-refractivity contribution in [2.75, 3.05) is 0 Å². The first kappa shape index (κ1) is 17.1. The van der Waals surface area contributed by atoms with E-state index in [9.17, 15) is 23.1 Å². The quantitative estimate of drug-likeness (QED) is 0.868. The van der Waals surface area contributed by atoms with Crippen LogP contribution in [0.1, 0.15) is 35.5 Å². The summed E-state index contributed by atoms with van der Waals surface area (Å²) in [5, 5.41) is 9.63. The molecule has 0 aliphatic carbocycles. The molecule has 23 heavy (non-hydrogen) atoms. The molecule has 1 atom stereocenters. The first-order valence-corrected chi connectivity index (χ1v) is 7.04. The van der Waals surface area contributed by atoms with Crippen molar-refractivity contribution in [3.8, 4) is 11.1 Å². The molecule has 0 spiro atoms. The third-order valence-corrected chi connectivity index (χ3v) is 3.77. The van der Waals surface area contributed by atoms with Gasteiger partial charge in [-0.1, -0.05) is 25.1 Å². The van der Waals surface area contributed by atoms with E-state index in [1.807, 2.05) is 6.92 Å². The van der Waals surface area contributed by atoms with Crippen LogP contribution >= 0.6 is 0 Å². The molecule has 1 unspecified atom stereocenters. The summed E-state index contributed by atoms with van der Waals surface area (Å²) < 4.78 is 38.5. The monoisotopic (exact) mass is 323 g/mol. The molecule has 0 amide bonds. The predicted molar refractivity (Wildman–Crippen MR) is 80.1 cm³/mol. The van der Waals surface area contributed by atoms with Crippen LogP contribution in [0.2, 0.25) is 0 Å². The fourth-order valence-corrected chi connectivity index (χ4v) is 2.25. The highest BCUT2D eigenvalue weighted by Crippen LogP contribution is 2.38. The number of aliphatic hydroxyl groups is 1. The Morgan fingerprint density at radius 2 is 1.91 bits per heavy atom. The van der Waals surface area contributed by atoms with Crippen molar-refractivity contribution in [3.63, 3.8) is 0 Å². The molecule has 3 nitrogen and oxygen atoms in total. The highest BCUT2D eigenvalue weighted by molar-refractivity contribution is 5.78. The van der Waals surface area contributed by atoms with Gasteiger partial charge in [-0.3, -0.25) is 9.78 Å². The molecule has 1 aromatic heterocycles. The lowest BCUT2D eigenvalue weighted by Gasteiger charge is -2.25. The van der Waals surface area contributed by atoms with Crippen molar-refractivity contribution in [1.82, 2.24) is 4.98 Å². The summed E-state index contributed by atoms with van der Waals surface area (Å²) >= 11 is 0. The smallest absolute Gasteiger partial charge is 0.375 e. The Morgan fingerprint density at radius 3 is 2.39 bits per heavy atom. The number of carbonyl (C=O) groups is 1. The van der Waals surface area contributed by atoms with Gasteiger partial charge >= 0.3 is 6.18 Å². The Hall–Kier alpha value is -2.21. The standard InChI is InChI=1S/C17H16F3NO2/c1-3-12-8-11(10-22)4-6-14(12)13-5-7-15(21-9-13)16(2,23)17(18,19)20/h4-10,23H,3H2,1-2H3. The fraction of sp³-hybridized carbons (Fsp3) is 0.294. The highest BCUT2D eigenvalue weighted by atomic mass is 19.4. The first-order valence-electron chi connectivity index (χ1n) is 7.04. The summed E-state index contributed by atoms with van der Waals surface area (Å²) in [6, 6.07) is 7.76. The second-order valence-corrected chi connectivity index (χ2v) is 5.39. The summed E-state index contributed by atoms with van der Waals surface area (Å²) in [4.78, 5) is 14.6. The van der Waals surface area contributed by atoms with Crippen molar-refractivity contribution < 1.29 is 23.1 Å². The van der Waals surface area contributed by atoms with Crippen LogP contribution < -0.4 is 0 Å². The van der Waals surface area contributed by atoms with Gasteiger partial charge in [-0.05, 0) is 36.6 Å². The van der Waals surface area contributed by atoms with Gasteiger partial charge in [0.05, 0.1) is 5.69 Å². The average Bonchev–Trinajstić information content (AvgIpc) is 2.53. The van der Waals surface area contributed by atoms with E-state index in [4.69, 9.17) is 0 Å². The SMILES string of the molecule is CCc1cc(C=O)ccc1-c1ccc(C(C)(O)C(F)(F)F)nc1. The molecule has 2 aromatic rings. The molecule has 0 aliphatic heterocycles. The second-order valence-electron chi connectivity index (χ2n) is 5.39. The first-order chi connectivity index (χ1) is 10.7. The summed E-state index contributed by atoms with van der Waals surface area (Å²) in [6.45, 7) is 2.59. The van der Waals surface area contributed by atoms with Crippen molar-refractivity contribution in [1.29, 1.82) is 0 Å². The zero-order chi connectivity index (χ0) is 17.3. The summed E-state index contributed by atoms with van der Waals surface area (Å²) in [5.74, 6) is 0. The molecule has 122 valence electrons. The molecule has 0 bridgehead atoms. The van der Waals surface area contributed by atoms with E-state index in [1.54, 1.807) is 18.2 Å². The van der Waals surface area contributed by atoms with Gasteiger partial charge in [-0.25, -0.2) is 0 Å². The lowest BCUT2D eigenvalue weighted by molar-refractivity contribution is -0.260. The highest BCUT2D eigenvalue weighted by Gasteiger charge is 2.52. The van der Waals surface area contributed by atoms with Crippen LogP contribution in [0.15, 0.2) is 36.5 Å². The van der Waals surface area contributed by atoms with Crippen LogP contribution in [-0.4, -0.2) is 22.6 Å². The van der Waals surface area contributed by atoms with Crippen LogP contribution in [0.4, 0.5) is 13.2 Å². The number of rotatable bonds is 4. The van der Waals surface area contributed by atoms with Crippen LogP contribution in [-0.2, 0) is 12.0 Å². The lowest BCUT2D eigenvalue weighted by Crippen LogP contribution is -2.39. The van der Waals surface area contributed by atoms with Crippen LogP contribution in [0.25, 0.3) is 11.1 Å². The number of alkyl halides is 3. The predicted octanol–water partition coefficient (Wildman–Crippen LogP) is 3.89. The van der Waals surface area contributed by atoms with Gasteiger partial charge in [0.15, 0.2) is 5.60 Å². The van der Waals surface area contributed by atoms with E-state index < -0.39 is 17.5 Å². The van der Waals surface area contributed by atoms with Gasteiger partial charge in [0.25, 0.3) is 0 Å². The number of carbonyl (C=O) groups excluding carboxylic acids is 1. The molecule has 1 N–H and O–H groups in total. The normalized spacial score (nSPS) is 14.3. The molecular weight excluding hydrogens is 307 g/mol. The number of aromatic nitrogens is 1. The molecule has 6 heteroatoms. The van der Waals surface area contributed by atoms with Gasteiger partial charge in [0.2, 0.25) is 0 Å². The van der Waals surface area contributed by atoms with Gasteiger partial charge in [-0.2, -0.15) is 13.2 Å². The number of aryl methyl sites for hydroxylation is 1. The molecular formula is C17H16F3NO2. The minimum absolute atomic E-state index is 0.462. The topological polar surface area (TPSA) is 50.2 Å². The number of pyridine rings is 1. The third kappa shape index (κ3) is 3.27. The van der Waals surface area contributed by atoms with Crippen LogP contribution in [0, 0.1) is 0 Å². The molecule has 2 rings (SSSR count). The van der Waals surface area contributed by atoms with E-state index in [0.717, 1.165) is 23.5 Å². The number of hydrogen-bond donors (Lipinski definition) is 1. The van der Waals surface area contributed by atoms with Crippen molar-refractivity contribution in [2.45, 2.75) is 32.0 Å². The Balaban J connectivity index is 2.43. The van der Waals surface area contributed by atoms with Crippen LogP contribution in [0.5, 0.6) is 0 Å². The van der Waals surface area contributed by atoms with E-state index in [0.29, 0.717) is 24.5 Å². The van der Waals surface area contributed by atoms with Crippen LogP contribution in [0.3, 0.4) is 0 Å². The van der Waals surface area contributed by atoms with Crippen molar-refractivity contribution >= 4 is 6.29 Å². The molecule has 1 aromatic carbocycles. The molecule has 0 aliphatic rings. The van der Waals surface area contributed by atoms with Gasteiger partial charge in [-0.15, -0.1) is 0 Å². The van der Waals surface area contributed by atoms with E-state index in [-0.39, 0.29) is 0 Å². The van der Waals surface area contributed by atoms with Crippen molar-refractivity contribution in [2.24, 2.45) is 0 Å². The molecule has 0 saturated carbocycles. The van der Waals surface area contributed by atoms with Gasteiger partial charge in [0, 0.05) is 17.3 Å². The number of aldehydes is 1. The Morgan fingerprint density at radius 1 is 1.22 bits per heavy atom. The third-order valence-electron chi connectivity index (χ3n) is 3.77. The zero-order valence-corrected chi connectivity index (χ0v) is 12.7. The van der Waals surface area contributed by atoms with E-state index in [2.05, 4.69) is 4.98 Å². The van der Waals surface area contributed by atoms with Crippen molar-refractivity contribution in [3.05, 3.63) is 53.3 Å². The zero-order valence-electron chi connectivity index (χ0n) is 12.7. The molecule has 0 saturated heterocycles. The Kier molecular flexibility index (Phi) is 4.56. The Bertz CT molecular complexity index is 707. The minimum atomic E-state index is -4.80. The molecule has 0 fully saturated rings. The summed E-state index contributed by atoms with van der Waals surface area (Å²) in [7, 11) is 0. The molecule has 1 heterocycles. The van der Waals surface area contributed by atoms with Gasteiger partial charge in [0.1, 0.15) is 6.29 Å². The van der Waals surface area contributed by atoms with E-state index in [1.165, 1.54) is 12.3 Å². The fourth-order valence-electron chi connectivity index (χ4n) is 2.25. The number of halogens is 3. The largest absolute Gasteiger partial charge is 0.422 e. The maximum Gasteiger partial charge on any atom is 0.422 e. The minimum Gasteiger partial charge on any atom is -0.375 e. The van der Waals surface area contributed by atoms with Gasteiger partial charge < -0.3 is 5.11 Å². The maximum absolute atomic E-state index is 12.8.